The maximum atomic E-state index is 12.9. The summed E-state index contributed by atoms with van der Waals surface area (Å²) in [5.74, 6) is 0.938. The fraction of sp³-hybridized carbons (Fsp3) is 0.391. The zero-order valence-corrected chi connectivity index (χ0v) is 17.3. The van der Waals surface area contributed by atoms with Crippen molar-refractivity contribution in [3.8, 4) is 11.5 Å². The van der Waals surface area contributed by atoms with Crippen LogP contribution in [0, 0.1) is 5.92 Å². The molecule has 8 heteroatoms. The van der Waals surface area contributed by atoms with Crippen LogP contribution in [0.25, 0.3) is 0 Å². The van der Waals surface area contributed by atoms with Gasteiger partial charge in [0.15, 0.2) is 17.3 Å². The number of nitrogens with zero attached hydrogens (tertiary/aromatic N) is 1. The maximum absolute atomic E-state index is 12.9. The van der Waals surface area contributed by atoms with Crippen molar-refractivity contribution in [3.63, 3.8) is 0 Å². The van der Waals surface area contributed by atoms with E-state index in [1.54, 1.807) is 24.5 Å². The van der Waals surface area contributed by atoms with Crippen LogP contribution in [0.5, 0.6) is 11.5 Å². The largest absolute Gasteiger partial charge is 0.459 e. The summed E-state index contributed by atoms with van der Waals surface area (Å²) < 4.78 is 22.8. The van der Waals surface area contributed by atoms with E-state index in [1.165, 1.54) is 0 Å². The first-order valence-corrected chi connectivity index (χ1v) is 10.4. The molecule has 0 radical (unpaired) electrons. The SMILES string of the molecule is CCO[C@H]1OC(C(=O)Nc2cccnc2)=C[C@@H](c2ccc3c(c2)OCO3)[C@H]1CCCO. The van der Waals surface area contributed by atoms with Gasteiger partial charge in [-0.3, -0.25) is 9.78 Å². The highest BCUT2D eigenvalue weighted by Crippen LogP contribution is 2.42. The number of fused-ring (bicyclic) bond motifs is 1. The fourth-order valence-corrected chi connectivity index (χ4v) is 3.89. The second kappa shape index (κ2) is 9.80. The predicted molar refractivity (Wildman–Crippen MR) is 113 cm³/mol. The van der Waals surface area contributed by atoms with Gasteiger partial charge in [0.2, 0.25) is 13.1 Å². The summed E-state index contributed by atoms with van der Waals surface area (Å²) in [6.45, 7) is 2.58. The van der Waals surface area contributed by atoms with E-state index in [1.807, 2.05) is 31.2 Å². The van der Waals surface area contributed by atoms with Gasteiger partial charge in [0, 0.05) is 31.2 Å². The zero-order chi connectivity index (χ0) is 21.6. The van der Waals surface area contributed by atoms with Crippen molar-refractivity contribution in [2.75, 3.05) is 25.3 Å². The quantitative estimate of drug-likeness (QED) is 0.669. The lowest BCUT2D eigenvalue weighted by molar-refractivity contribution is -0.165. The number of aliphatic hydroxyl groups excluding tert-OH is 1. The molecule has 0 saturated heterocycles. The second-order valence-electron chi connectivity index (χ2n) is 7.34. The van der Waals surface area contributed by atoms with E-state index < -0.39 is 6.29 Å². The zero-order valence-electron chi connectivity index (χ0n) is 17.3. The summed E-state index contributed by atoms with van der Waals surface area (Å²) in [6, 6.07) is 9.27. The Balaban J connectivity index is 1.67. The molecule has 2 N–H and O–H groups in total. The number of aliphatic hydroxyl groups is 1. The molecule has 1 amide bonds. The van der Waals surface area contributed by atoms with E-state index in [2.05, 4.69) is 10.3 Å². The summed E-state index contributed by atoms with van der Waals surface area (Å²) in [5, 5.41) is 12.2. The lowest BCUT2D eigenvalue weighted by atomic mass is 9.80. The van der Waals surface area contributed by atoms with Crippen LogP contribution >= 0.6 is 0 Å². The molecule has 2 aromatic rings. The Labute approximate surface area is 180 Å². The van der Waals surface area contributed by atoms with Crippen molar-refractivity contribution in [2.45, 2.75) is 32.0 Å². The van der Waals surface area contributed by atoms with E-state index in [-0.39, 0.29) is 36.9 Å². The molecule has 0 fully saturated rings. The van der Waals surface area contributed by atoms with Crippen molar-refractivity contribution in [2.24, 2.45) is 5.92 Å². The number of aromatic nitrogens is 1. The molecule has 3 heterocycles. The third-order valence-corrected chi connectivity index (χ3v) is 5.34. The Morgan fingerprint density at radius 2 is 2.16 bits per heavy atom. The lowest BCUT2D eigenvalue weighted by Gasteiger charge is -2.37. The number of amides is 1. The minimum Gasteiger partial charge on any atom is -0.459 e. The van der Waals surface area contributed by atoms with Crippen LogP contribution in [0.1, 0.15) is 31.2 Å². The van der Waals surface area contributed by atoms with Crippen molar-refractivity contribution < 1.29 is 28.8 Å². The summed E-state index contributed by atoms with van der Waals surface area (Å²) in [7, 11) is 0. The third kappa shape index (κ3) is 4.81. The van der Waals surface area contributed by atoms with Gasteiger partial charge in [-0.05, 0) is 55.7 Å². The number of nitrogens with one attached hydrogen (secondary N) is 1. The molecule has 3 atom stereocenters. The van der Waals surface area contributed by atoms with Crippen molar-refractivity contribution in [3.05, 3.63) is 60.1 Å². The van der Waals surface area contributed by atoms with Crippen LogP contribution in [0.3, 0.4) is 0 Å². The number of anilines is 1. The van der Waals surface area contributed by atoms with E-state index in [0.717, 1.165) is 5.56 Å². The van der Waals surface area contributed by atoms with Crippen molar-refractivity contribution >= 4 is 11.6 Å². The van der Waals surface area contributed by atoms with Crippen molar-refractivity contribution in [1.29, 1.82) is 0 Å². The monoisotopic (exact) mass is 426 g/mol. The Hall–Kier alpha value is -3.10. The fourth-order valence-electron chi connectivity index (χ4n) is 3.89. The van der Waals surface area contributed by atoms with Crippen LogP contribution in [0.2, 0.25) is 0 Å². The molecule has 0 unspecified atom stereocenters. The van der Waals surface area contributed by atoms with E-state index in [0.29, 0.717) is 36.6 Å². The molecule has 0 bridgehead atoms. The van der Waals surface area contributed by atoms with Gasteiger partial charge >= 0.3 is 0 Å². The third-order valence-electron chi connectivity index (χ3n) is 5.34. The number of hydrogen-bond donors (Lipinski definition) is 2. The molecule has 2 aliphatic heterocycles. The molecular formula is C23H26N2O6. The minimum absolute atomic E-state index is 0.0707. The van der Waals surface area contributed by atoms with Gasteiger partial charge in [-0.15, -0.1) is 0 Å². The maximum Gasteiger partial charge on any atom is 0.290 e. The summed E-state index contributed by atoms with van der Waals surface area (Å²) in [4.78, 5) is 16.9. The highest BCUT2D eigenvalue weighted by molar-refractivity contribution is 6.02. The molecule has 31 heavy (non-hydrogen) atoms. The smallest absolute Gasteiger partial charge is 0.290 e. The Morgan fingerprint density at radius 1 is 1.29 bits per heavy atom. The van der Waals surface area contributed by atoms with Gasteiger partial charge in [-0.2, -0.15) is 0 Å². The van der Waals surface area contributed by atoms with Gasteiger partial charge in [0.25, 0.3) is 5.91 Å². The number of carbonyl (C=O) groups excluding carboxylic acids is 1. The van der Waals surface area contributed by atoms with Gasteiger partial charge in [0.05, 0.1) is 11.9 Å². The van der Waals surface area contributed by atoms with E-state index in [9.17, 15) is 9.90 Å². The standard InChI is InChI=1S/C23H26N2O6/c1-2-28-23-17(6-4-10-26)18(15-7-8-19-20(11-15)30-14-29-19)12-21(31-23)22(27)25-16-5-3-9-24-13-16/h3,5,7-9,11-13,17-18,23,26H,2,4,6,10,14H2,1H3,(H,25,27)/t17-,18+,23+/m1/s1. The number of benzene rings is 1. The van der Waals surface area contributed by atoms with Gasteiger partial charge in [0.1, 0.15) is 0 Å². The number of rotatable bonds is 8. The van der Waals surface area contributed by atoms with Crippen LogP contribution in [-0.2, 0) is 14.3 Å². The number of ether oxygens (including phenoxy) is 4. The average molecular weight is 426 g/mol. The van der Waals surface area contributed by atoms with Crippen LogP contribution < -0.4 is 14.8 Å². The summed E-state index contributed by atoms with van der Waals surface area (Å²) >= 11 is 0. The van der Waals surface area contributed by atoms with E-state index in [4.69, 9.17) is 18.9 Å². The van der Waals surface area contributed by atoms with Crippen molar-refractivity contribution in [1.82, 2.24) is 4.98 Å². The van der Waals surface area contributed by atoms with Crippen LogP contribution in [0.4, 0.5) is 5.69 Å². The van der Waals surface area contributed by atoms with Gasteiger partial charge in [-0.1, -0.05) is 6.07 Å². The molecule has 164 valence electrons. The van der Waals surface area contributed by atoms with Gasteiger partial charge < -0.3 is 29.4 Å². The molecule has 4 rings (SSSR count). The first-order chi connectivity index (χ1) is 15.2. The topological polar surface area (TPSA) is 99.1 Å². The molecule has 1 aromatic carbocycles. The van der Waals surface area contributed by atoms with E-state index >= 15 is 0 Å². The molecule has 0 saturated carbocycles. The van der Waals surface area contributed by atoms with Gasteiger partial charge in [-0.25, -0.2) is 0 Å². The number of allylic oxidation sites excluding steroid dienone is 1. The highest BCUT2D eigenvalue weighted by Gasteiger charge is 2.38. The predicted octanol–water partition coefficient (Wildman–Crippen LogP) is 3.20. The molecule has 2 aliphatic rings. The Morgan fingerprint density at radius 3 is 2.94 bits per heavy atom. The molecule has 0 spiro atoms. The Bertz CT molecular complexity index is 933. The molecule has 8 nitrogen and oxygen atoms in total. The minimum atomic E-state index is -0.619. The Kier molecular flexibility index (Phi) is 6.69. The van der Waals surface area contributed by atoms with Crippen LogP contribution in [-0.4, -0.2) is 42.3 Å². The number of hydrogen-bond acceptors (Lipinski definition) is 7. The van der Waals surface area contributed by atoms with Crippen LogP contribution in [0.15, 0.2) is 54.6 Å². The average Bonchev–Trinajstić information content (AvgIpc) is 3.26. The summed E-state index contributed by atoms with van der Waals surface area (Å²) in [5.41, 5.74) is 1.54. The molecule has 1 aromatic heterocycles. The molecular weight excluding hydrogens is 400 g/mol. The lowest BCUT2D eigenvalue weighted by Crippen LogP contribution is -2.37. The number of carbonyl (C=O) groups is 1. The second-order valence-corrected chi connectivity index (χ2v) is 7.34. The number of pyridine rings is 1. The first-order valence-electron chi connectivity index (χ1n) is 10.4. The highest BCUT2D eigenvalue weighted by atomic mass is 16.7. The molecule has 0 aliphatic carbocycles. The summed E-state index contributed by atoms with van der Waals surface area (Å²) in [6.07, 6.45) is 5.68. The first kappa shape index (κ1) is 21.1. The normalized spacial score (nSPS) is 21.9.